The van der Waals surface area contributed by atoms with Gasteiger partial charge < -0.3 is 4.42 Å². The van der Waals surface area contributed by atoms with Crippen LogP contribution in [0.15, 0.2) is 77.4 Å². The summed E-state index contributed by atoms with van der Waals surface area (Å²) in [5.74, 6) is -0.786. The van der Waals surface area contributed by atoms with E-state index in [0.717, 1.165) is 11.1 Å². The van der Waals surface area contributed by atoms with Gasteiger partial charge in [0, 0.05) is 5.56 Å². The van der Waals surface area contributed by atoms with Crippen molar-refractivity contribution in [3.05, 3.63) is 84.3 Å². The molecule has 0 unspecified atom stereocenters. The van der Waals surface area contributed by atoms with Crippen LogP contribution in [-0.2, 0) is 0 Å². The van der Waals surface area contributed by atoms with E-state index in [-0.39, 0.29) is 5.76 Å². The summed E-state index contributed by atoms with van der Waals surface area (Å²) in [6, 6.07) is 19.9. The van der Waals surface area contributed by atoms with Gasteiger partial charge in [0.25, 0.3) is 5.91 Å². The van der Waals surface area contributed by atoms with Crippen molar-refractivity contribution >= 4 is 11.8 Å². The number of nitrogens with one attached hydrogen (secondary N) is 2. The molecular formula is C18H14N2O3. The van der Waals surface area contributed by atoms with Gasteiger partial charge in [-0.1, -0.05) is 48.5 Å². The first-order valence-corrected chi connectivity index (χ1v) is 7.04. The summed E-state index contributed by atoms with van der Waals surface area (Å²) in [6.07, 6.45) is 1.39. The number of rotatable bonds is 3. The van der Waals surface area contributed by atoms with Gasteiger partial charge in [0.1, 0.15) is 0 Å². The maximum atomic E-state index is 12.4. The largest absolute Gasteiger partial charge is 0.459 e. The molecular weight excluding hydrogens is 292 g/mol. The molecule has 0 bridgehead atoms. The number of furan rings is 1. The second-order valence-corrected chi connectivity index (χ2v) is 4.80. The quantitative estimate of drug-likeness (QED) is 0.731. The lowest BCUT2D eigenvalue weighted by Gasteiger charge is -2.10. The first kappa shape index (κ1) is 14.6. The van der Waals surface area contributed by atoms with Crippen molar-refractivity contribution < 1.29 is 14.0 Å². The molecule has 0 spiro atoms. The van der Waals surface area contributed by atoms with Gasteiger partial charge in [-0.05, 0) is 29.3 Å². The van der Waals surface area contributed by atoms with Gasteiger partial charge >= 0.3 is 5.91 Å². The van der Waals surface area contributed by atoms with Gasteiger partial charge in [0.05, 0.1) is 6.26 Å². The molecule has 0 aliphatic rings. The Labute approximate surface area is 132 Å². The third-order valence-corrected chi connectivity index (χ3v) is 3.29. The highest BCUT2D eigenvalue weighted by atomic mass is 16.3. The molecule has 0 atom stereocenters. The van der Waals surface area contributed by atoms with Crippen LogP contribution in [0, 0.1) is 0 Å². The van der Waals surface area contributed by atoms with Gasteiger partial charge in [0.15, 0.2) is 5.76 Å². The molecule has 2 aromatic carbocycles. The number of carbonyl (C=O) groups is 2. The Morgan fingerprint density at radius 2 is 1.43 bits per heavy atom. The van der Waals surface area contributed by atoms with Crippen LogP contribution in [0.2, 0.25) is 0 Å². The number of hydrazine groups is 1. The highest BCUT2D eigenvalue weighted by Crippen LogP contribution is 2.23. The second kappa shape index (κ2) is 6.62. The molecule has 0 saturated heterocycles. The van der Waals surface area contributed by atoms with E-state index in [1.165, 1.54) is 12.3 Å². The third kappa shape index (κ3) is 3.29. The van der Waals surface area contributed by atoms with E-state index in [1.807, 2.05) is 42.5 Å². The monoisotopic (exact) mass is 306 g/mol. The predicted molar refractivity (Wildman–Crippen MR) is 85.5 cm³/mol. The Morgan fingerprint density at radius 1 is 0.739 bits per heavy atom. The van der Waals surface area contributed by atoms with E-state index in [2.05, 4.69) is 10.9 Å². The van der Waals surface area contributed by atoms with Crippen LogP contribution in [0.1, 0.15) is 20.9 Å². The van der Waals surface area contributed by atoms with E-state index in [1.54, 1.807) is 18.2 Å². The molecule has 114 valence electrons. The van der Waals surface area contributed by atoms with Crippen molar-refractivity contribution in [3.63, 3.8) is 0 Å². The minimum absolute atomic E-state index is 0.127. The summed E-state index contributed by atoms with van der Waals surface area (Å²) in [5, 5.41) is 0. The lowest BCUT2D eigenvalue weighted by molar-refractivity contribution is 0.0831. The fourth-order valence-corrected chi connectivity index (χ4v) is 2.20. The van der Waals surface area contributed by atoms with Gasteiger partial charge in [0.2, 0.25) is 0 Å². The topological polar surface area (TPSA) is 71.3 Å². The van der Waals surface area contributed by atoms with Crippen molar-refractivity contribution in [2.45, 2.75) is 0 Å². The molecule has 1 aromatic heterocycles. The first-order chi connectivity index (χ1) is 11.3. The summed E-state index contributed by atoms with van der Waals surface area (Å²) >= 11 is 0. The predicted octanol–water partition coefficient (Wildman–Crippen LogP) is 3.02. The number of hydrogen-bond acceptors (Lipinski definition) is 3. The van der Waals surface area contributed by atoms with Crippen molar-refractivity contribution in [3.8, 4) is 11.1 Å². The van der Waals surface area contributed by atoms with E-state index in [4.69, 9.17) is 4.42 Å². The normalized spacial score (nSPS) is 10.1. The fourth-order valence-electron chi connectivity index (χ4n) is 2.20. The first-order valence-electron chi connectivity index (χ1n) is 7.04. The van der Waals surface area contributed by atoms with E-state index >= 15 is 0 Å². The van der Waals surface area contributed by atoms with Crippen LogP contribution in [0.4, 0.5) is 0 Å². The van der Waals surface area contributed by atoms with Crippen molar-refractivity contribution in [1.29, 1.82) is 0 Å². The Balaban J connectivity index is 1.77. The number of amides is 2. The number of hydrogen-bond donors (Lipinski definition) is 2. The Bertz CT molecular complexity index is 811. The number of benzene rings is 2. The summed E-state index contributed by atoms with van der Waals surface area (Å²) in [6.45, 7) is 0. The summed E-state index contributed by atoms with van der Waals surface area (Å²) in [4.78, 5) is 24.1. The summed E-state index contributed by atoms with van der Waals surface area (Å²) in [5.41, 5.74) is 6.92. The van der Waals surface area contributed by atoms with Crippen LogP contribution in [0.25, 0.3) is 11.1 Å². The van der Waals surface area contributed by atoms with Gasteiger partial charge in [-0.3, -0.25) is 20.4 Å². The van der Waals surface area contributed by atoms with E-state index in [9.17, 15) is 9.59 Å². The maximum absolute atomic E-state index is 12.4. The molecule has 2 amide bonds. The molecule has 23 heavy (non-hydrogen) atoms. The lowest BCUT2D eigenvalue weighted by Crippen LogP contribution is -2.41. The highest BCUT2D eigenvalue weighted by molar-refractivity contribution is 6.02. The van der Waals surface area contributed by atoms with E-state index < -0.39 is 11.8 Å². The van der Waals surface area contributed by atoms with Crippen molar-refractivity contribution in [1.82, 2.24) is 10.9 Å². The van der Waals surface area contributed by atoms with Crippen LogP contribution in [0.3, 0.4) is 0 Å². The fraction of sp³-hybridized carbons (Fsp3) is 0. The zero-order valence-electron chi connectivity index (χ0n) is 12.2. The van der Waals surface area contributed by atoms with Crippen molar-refractivity contribution in [2.75, 3.05) is 0 Å². The SMILES string of the molecule is O=C(NNC(=O)c1ccccc1-c1ccccc1)c1ccco1. The van der Waals surface area contributed by atoms with Crippen molar-refractivity contribution in [2.24, 2.45) is 0 Å². The van der Waals surface area contributed by atoms with E-state index in [0.29, 0.717) is 5.56 Å². The standard InChI is InChI=1S/C18H14N2O3/c21-17(19-20-18(22)16-11-6-12-23-16)15-10-5-4-9-14(15)13-7-2-1-3-8-13/h1-12H,(H,19,21)(H,20,22). The number of carbonyl (C=O) groups excluding carboxylic acids is 2. The molecule has 3 rings (SSSR count). The maximum Gasteiger partial charge on any atom is 0.305 e. The minimum Gasteiger partial charge on any atom is -0.459 e. The van der Waals surface area contributed by atoms with Gasteiger partial charge in [-0.15, -0.1) is 0 Å². The molecule has 0 aliphatic carbocycles. The molecule has 0 saturated carbocycles. The molecule has 0 fully saturated rings. The van der Waals surface area contributed by atoms with Crippen LogP contribution in [0.5, 0.6) is 0 Å². The second-order valence-electron chi connectivity index (χ2n) is 4.80. The molecule has 3 aromatic rings. The zero-order valence-corrected chi connectivity index (χ0v) is 12.2. The van der Waals surface area contributed by atoms with Crippen LogP contribution in [-0.4, -0.2) is 11.8 Å². The molecule has 5 nitrogen and oxygen atoms in total. The minimum atomic E-state index is -0.513. The van der Waals surface area contributed by atoms with Crippen LogP contribution >= 0.6 is 0 Å². The van der Waals surface area contributed by atoms with Gasteiger partial charge in [-0.2, -0.15) is 0 Å². The smallest absolute Gasteiger partial charge is 0.305 e. The average molecular weight is 306 g/mol. The van der Waals surface area contributed by atoms with Crippen LogP contribution < -0.4 is 10.9 Å². The molecule has 1 heterocycles. The summed E-state index contributed by atoms with van der Waals surface area (Å²) < 4.78 is 4.96. The highest BCUT2D eigenvalue weighted by Gasteiger charge is 2.14. The average Bonchev–Trinajstić information content (AvgIpc) is 3.15. The Kier molecular flexibility index (Phi) is 4.20. The Hall–Kier alpha value is -3.34. The molecule has 5 heteroatoms. The Morgan fingerprint density at radius 3 is 2.17 bits per heavy atom. The molecule has 0 aliphatic heterocycles. The molecule has 2 N–H and O–H groups in total. The zero-order chi connectivity index (χ0) is 16.1. The van der Waals surface area contributed by atoms with Gasteiger partial charge in [-0.25, -0.2) is 0 Å². The summed E-state index contributed by atoms with van der Waals surface area (Å²) in [7, 11) is 0. The molecule has 0 radical (unpaired) electrons. The lowest BCUT2D eigenvalue weighted by atomic mass is 9.99. The third-order valence-electron chi connectivity index (χ3n) is 3.29.